The van der Waals surface area contributed by atoms with Gasteiger partial charge < -0.3 is 15.0 Å². The van der Waals surface area contributed by atoms with Gasteiger partial charge in [-0.2, -0.15) is 0 Å². The molecule has 0 aliphatic heterocycles. The van der Waals surface area contributed by atoms with Crippen molar-refractivity contribution in [3.8, 4) is 5.75 Å². The Kier molecular flexibility index (Phi) is 4.48. The van der Waals surface area contributed by atoms with Crippen LogP contribution in [0.4, 0.5) is 0 Å². The van der Waals surface area contributed by atoms with Gasteiger partial charge in [0, 0.05) is 29.7 Å². The third kappa shape index (κ3) is 2.61. The van der Waals surface area contributed by atoms with Crippen LogP contribution >= 0.6 is 0 Å². The summed E-state index contributed by atoms with van der Waals surface area (Å²) in [6, 6.07) is 6.35. The van der Waals surface area contributed by atoms with Gasteiger partial charge in [0.1, 0.15) is 5.75 Å². The van der Waals surface area contributed by atoms with Crippen LogP contribution in [0, 0.1) is 6.92 Å². The Hall–Kier alpha value is -1.48. The Labute approximate surface area is 115 Å². The molecule has 1 aromatic carbocycles. The predicted octanol–water partition coefficient (Wildman–Crippen LogP) is 3.61. The molecule has 104 valence electrons. The molecule has 0 saturated carbocycles. The molecule has 0 saturated heterocycles. The van der Waals surface area contributed by atoms with Crippen molar-refractivity contribution >= 4 is 10.9 Å². The van der Waals surface area contributed by atoms with Gasteiger partial charge >= 0.3 is 0 Å². The summed E-state index contributed by atoms with van der Waals surface area (Å²) in [5, 5.41) is 1.24. The van der Waals surface area contributed by atoms with Gasteiger partial charge in [0.25, 0.3) is 0 Å². The molecule has 3 heteroatoms. The number of nitrogens with zero attached hydrogens (tertiary/aromatic N) is 1. The van der Waals surface area contributed by atoms with E-state index in [1.165, 1.54) is 22.2 Å². The SMILES string of the molecule is CCCOc1ccc2c(c1)c(CN)c(C)n2CCC. The number of fused-ring (bicyclic) bond motifs is 1. The van der Waals surface area contributed by atoms with E-state index in [4.69, 9.17) is 10.5 Å². The fourth-order valence-electron chi connectivity index (χ4n) is 2.61. The maximum atomic E-state index is 5.92. The van der Waals surface area contributed by atoms with Crippen LogP contribution < -0.4 is 10.5 Å². The summed E-state index contributed by atoms with van der Waals surface area (Å²) in [5.74, 6) is 0.942. The van der Waals surface area contributed by atoms with Crippen molar-refractivity contribution in [2.24, 2.45) is 5.73 Å². The molecule has 0 spiro atoms. The van der Waals surface area contributed by atoms with Gasteiger partial charge in [0.05, 0.1) is 6.61 Å². The van der Waals surface area contributed by atoms with Gasteiger partial charge in [-0.1, -0.05) is 13.8 Å². The fraction of sp³-hybridized carbons (Fsp3) is 0.500. The van der Waals surface area contributed by atoms with Gasteiger partial charge in [-0.05, 0) is 43.5 Å². The highest BCUT2D eigenvalue weighted by Crippen LogP contribution is 2.29. The van der Waals surface area contributed by atoms with Crippen LogP contribution in [-0.4, -0.2) is 11.2 Å². The minimum Gasteiger partial charge on any atom is -0.494 e. The largest absolute Gasteiger partial charge is 0.494 e. The highest BCUT2D eigenvalue weighted by molar-refractivity contribution is 5.86. The molecule has 2 aromatic rings. The van der Waals surface area contributed by atoms with E-state index in [-0.39, 0.29) is 0 Å². The average Bonchev–Trinajstić information content (AvgIpc) is 2.69. The Bertz CT molecular complexity index is 557. The summed E-state index contributed by atoms with van der Waals surface area (Å²) in [6.07, 6.45) is 2.15. The van der Waals surface area contributed by atoms with E-state index in [2.05, 4.69) is 43.5 Å². The fourth-order valence-corrected chi connectivity index (χ4v) is 2.61. The molecule has 3 nitrogen and oxygen atoms in total. The second-order valence-corrected chi connectivity index (χ2v) is 4.95. The first kappa shape index (κ1) is 13.9. The second kappa shape index (κ2) is 6.11. The molecule has 0 aliphatic carbocycles. The number of hydrogen-bond acceptors (Lipinski definition) is 2. The third-order valence-corrected chi connectivity index (χ3v) is 3.55. The van der Waals surface area contributed by atoms with E-state index in [1.54, 1.807) is 0 Å². The summed E-state index contributed by atoms with van der Waals surface area (Å²) in [4.78, 5) is 0. The minimum atomic E-state index is 0.580. The lowest BCUT2D eigenvalue weighted by Gasteiger charge is -2.07. The van der Waals surface area contributed by atoms with Crippen molar-refractivity contribution in [2.75, 3.05) is 6.61 Å². The van der Waals surface area contributed by atoms with Crippen LogP contribution in [0.25, 0.3) is 10.9 Å². The number of aromatic nitrogens is 1. The number of rotatable bonds is 6. The molecular weight excluding hydrogens is 236 g/mol. The lowest BCUT2D eigenvalue weighted by atomic mass is 10.1. The second-order valence-electron chi connectivity index (χ2n) is 4.95. The Balaban J connectivity index is 2.51. The monoisotopic (exact) mass is 260 g/mol. The molecule has 0 fully saturated rings. The van der Waals surface area contributed by atoms with E-state index in [0.717, 1.165) is 31.7 Å². The highest BCUT2D eigenvalue weighted by atomic mass is 16.5. The molecule has 2 N–H and O–H groups in total. The zero-order chi connectivity index (χ0) is 13.8. The van der Waals surface area contributed by atoms with Crippen molar-refractivity contribution in [3.05, 3.63) is 29.5 Å². The number of benzene rings is 1. The number of nitrogens with two attached hydrogens (primary N) is 1. The Morgan fingerprint density at radius 3 is 2.63 bits per heavy atom. The van der Waals surface area contributed by atoms with Crippen LogP contribution in [0.1, 0.15) is 37.9 Å². The summed E-state index contributed by atoms with van der Waals surface area (Å²) in [5.41, 5.74) is 9.71. The van der Waals surface area contributed by atoms with Gasteiger partial charge in [0.2, 0.25) is 0 Å². The lowest BCUT2D eigenvalue weighted by Crippen LogP contribution is -2.02. The quantitative estimate of drug-likeness (QED) is 0.862. The molecule has 2 rings (SSSR count). The molecule has 0 atom stereocenters. The topological polar surface area (TPSA) is 40.2 Å². The maximum Gasteiger partial charge on any atom is 0.120 e. The Morgan fingerprint density at radius 2 is 2.00 bits per heavy atom. The first-order chi connectivity index (χ1) is 9.22. The molecule has 1 aromatic heterocycles. The first-order valence-electron chi connectivity index (χ1n) is 7.17. The van der Waals surface area contributed by atoms with Crippen LogP contribution in [0.3, 0.4) is 0 Å². The molecule has 0 radical (unpaired) electrons. The van der Waals surface area contributed by atoms with E-state index in [9.17, 15) is 0 Å². The van der Waals surface area contributed by atoms with Crippen LogP contribution in [-0.2, 0) is 13.1 Å². The van der Waals surface area contributed by atoms with E-state index >= 15 is 0 Å². The van der Waals surface area contributed by atoms with Gasteiger partial charge in [-0.25, -0.2) is 0 Å². The van der Waals surface area contributed by atoms with Crippen molar-refractivity contribution in [2.45, 2.75) is 46.7 Å². The first-order valence-corrected chi connectivity index (χ1v) is 7.17. The minimum absolute atomic E-state index is 0.580. The number of ether oxygens (including phenoxy) is 1. The van der Waals surface area contributed by atoms with Crippen LogP contribution in [0.15, 0.2) is 18.2 Å². The van der Waals surface area contributed by atoms with Crippen LogP contribution in [0.5, 0.6) is 5.75 Å². The molecule has 19 heavy (non-hydrogen) atoms. The summed E-state index contributed by atoms with van der Waals surface area (Å²) < 4.78 is 8.08. The maximum absolute atomic E-state index is 5.92. The van der Waals surface area contributed by atoms with Gasteiger partial charge in [-0.15, -0.1) is 0 Å². The number of aryl methyl sites for hydroxylation is 1. The predicted molar refractivity (Wildman–Crippen MR) is 80.6 cm³/mol. The molecule has 1 heterocycles. The normalized spacial score (nSPS) is 11.2. The van der Waals surface area contributed by atoms with Crippen molar-refractivity contribution in [1.29, 1.82) is 0 Å². The summed E-state index contributed by atoms with van der Waals surface area (Å²) >= 11 is 0. The summed E-state index contributed by atoms with van der Waals surface area (Å²) in [6.45, 7) is 8.86. The zero-order valence-corrected chi connectivity index (χ0v) is 12.2. The van der Waals surface area contributed by atoms with E-state index < -0.39 is 0 Å². The third-order valence-electron chi connectivity index (χ3n) is 3.55. The van der Waals surface area contributed by atoms with Crippen LogP contribution in [0.2, 0.25) is 0 Å². The molecule has 0 amide bonds. The number of hydrogen-bond donors (Lipinski definition) is 1. The lowest BCUT2D eigenvalue weighted by molar-refractivity contribution is 0.318. The smallest absolute Gasteiger partial charge is 0.120 e. The van der Waals surface area contributed by atoms with Crippen molar-refractivity contribution < 1.29 is 4.74 Å². The van der Waals surface area contributed by atoms with E-state index in [0.29, 0.717) is 6.54 Å². The van der Waals surface area contributed by atoms with Gasteiger partial charge in [0.15, 0.2) is 0 Å². The van der Waals surface area contributed by atoms with Crippen molar-refractivity contribution in [3.63, 3.8) is 0 Å². The average molecular weight is 260 g/mol. The molecular formula is C16H24N2O. The zero-order valence-electron chi connectivity index (χ0n) is 12.2. The molecule has 0 unspecified atom stereocenters. The highest BCUT2D eigenvalue weighted by Gasteiger charge is 2.13. The molecule has 0 bridgehead atoms. The summed E-state index contributed by atoms with van der Waals surface area (Å²) in [7, 11) is 0. The standard InChI is InChI=1S/C16H24N2O/c1-4-8-18-12(3)15(11-17)14-10-13(19-9-5-2)6-7-16(14)18/h6-7,10H,4-5,8-9,11,17H2,1-3H3. The van der Waals surface area contributed by atoms with E-state index in [1.807, 2.05) is 0 Å². The van der Waals surface area contributed by atoms with Crippen molar-refractivity contribution in [1.82, 2.24) is 4.57 Å². The molecule has 0 aliphatic rings. The van der Waals surface area contributed by atoms with Gasteiger partial charge in [-0.3, -0.25) is 0 Å². The Morgan fingerprint density at radius 1 is 1.21 bits per heavy atom.